The van der Waals surface area contributed by atoms with E-state index in [0.29, 0.717) is 15.3 Å². The number of H-pyrrole nitrogens is 1. The summed E-state index contributed by atoms with van der Waals surface area (Å²) in [6, 6.07) is 14.1. The minimum Gasteiger partial charge on any atom is -0.410 e. The molecule has 0 spiro atoms. The fourth-order valence-electron chi connectivity index (χ4n) is 2.45. The zero-order valence-electron chi connectivity index (χ0n) is 13.6. The number of rotatable bonds is 3. The van der Waals surface area contributed by atoms with Gasteiger partial charge in [-0.3, -0.25) is 4.90 Å². The van der Waals surface area contributed by atoms with E-state index < -0.39 is 6.09 Å². The number of ether oxygens (including phenoxy) is 1. The summed E-state index contributed by atoms with van der Waals surface area (Å²) in [5.74, 6) is 0.396. The Morgan fingerprint density at radius 3 is 2.64 bits per heavy atom. The highest BCUT2D eigenvalue weighted by Crippen LogP contribution is 2.27. The molecule has 0 unspecified atom stereocenters. The number of hydrogen-bond acceptors (Lipinski definition) is 5. The van der Waals surface area contributed by atoms with Crippen molar-refractivity contribution < 1.29 is 9.53 Å². The second-order valence-electron chi connectivity index (χ2n) is 5.66. The molecule has 2 aromatic carbocycles. The lowest BCUT2D eigenvalue weighted by Gasteiger charge is -2.26. The standard InChI is InChI=1S/C18H15N3O2S2/c1-11(2)21(13-5-8-15-16(9-13)25-17(24)20-15)18(22)23-14-6-3-12(10-19)4-7-14/h3-9,11H,1-2H3,(H,20,24). The third-order valence-electron chi connectivity index (χ3n) is 3.58. The smallest absolute Gasteiger partial charge is 0.410 e. The Hall–Kier alpha value is -2.69. The third-order valence-corrected chi connectivity index (χ3v) is 4.78. The molecule has 0 aliphatic rings. The Balaban J connectivity index is 1.89. The van der Waals surface area contributed by atoms with Gasteiger partial charge in [0.05, 0.1) is 21.8 Å². The van der Waals surface area contributed by atoms with E-state index in [9.17, 15) is 4.79 Å². The normalized spacial score (nSPS) is 10.6. The van der Waals surface area contributed by atoms with Gasteiger partial charge in [-0.2, -0.15) is 5.26 Å². The number of nitrogens with one attached hydrogen (secondary N) is 1. The van der Waals surface area contributed by atoms with Gasteiger partial charge in [-0.05, 0) is 68.5 Å². The van der Waals surface area contributed by atoms with Crippen molar-refractivity contribution in [3.05, 3.63) is 52.0 Å². The molecule has 126 valence electrons. The summed E-state index contributed by atoms with van der Waals surface area (Å²) in [4.78, 5) is 17.4. The Morgan fingerprint density at radius 1 is 1.28 bits per heavy atom. The zero-order chi connectivity index (χ0) is 18.0. The van der Waals surface area contributed by atoms with Crippen LogP contribution in [0.25, 0.3) is 10.2 Å². The molecule has 7 heteroatoms. The molecular formula is C18H15N3O2S2. The maximum absolute atomic E-state index is 12.7. The lowest BCUT2D eigenvalue weighted by Crippen LogP contribution is -2.39. The lowest BCUT2D eigenvalue weighted by atomic mass is 10.2. The number of fused-ring (bicyclic) bond motifs is 1. The average molecular weight is 369 g/mol. The van der Waals surface area contributed by atoms with Crippen LogP contribution in [0.15, 0.2) is 42.5 Å². The summed E-state index contributed by atoms with van der Waals surface area (Å²) < 4.78 is 7.14. The molecular weight excluding hydrogens is 354 g/mol. The van der Waals surface area contributed by atoms with Crippen molar-refractivity contribution in [2.24, 2.45) is 0 Å². The molecule has 25 heavy (non-hydrogen) atoms. The molecule has 0 bridgehead atoms. The minimum absolute atomic E-state index is 0.0877. The number of aromatic amines is 1. The van der Waals surface area contributed by atoms with E-state index in [-0.39, 0.29) is 6.04 Å². The molecule has 5 nitrogen and oxygen atoms in total. The highest BCUT2D eigenvalue weighted by atomic mass is 32.1. The largest absolute Gasteiger partial charge is 0.419 e. The quantitative estimate of drug-likeness (QED) is 0.641. The fraction of sp³-hybridized carbons (Fsp3) is 0.167. The number of nitriles is 1. The van der Waals surface area contributed by atoms with Crippen LogP contribution in [-0.4, -0.2) is 17.1 Å². The van der Waals surface area contributed by atoms with Gasteiger partial charge in [0.25, 0.3) is 0 Å². The number of anilines is 1. The second kappa shape index (κ2) is 7.05. The van der Waals surface area contributed by atoms with Crippen LogP contribution in [-0.2, 0) is 0 Å². The molecule has 3 rings (SSSR count). The number of benzene rings is 2. The second-order valence-corrected chi connectivity index (χ2v) is 7.38. The van der Waals surface area contributed by atoms with Gasteiger partial charge in [-0.15, -0.1) is 11.3 Å². The van der Waals surface area contributed by atoms with Crippen molar-refractivity contribution in [2.75, 3.05) is 4.90 Å². The summed E-state index contributed by atoms with van der Waals surface area (Å²) >= 11 is 6.63. The van der Waals surface area contributed by atoms with Crippen LogP contribution in [0.3, 0.4) is 0 Å². The van der Waals surface area contributed by atoms with Crippen LogP contribution in [0, 0.1) is 15.3 Å². The highest BCUT2D eigenvalue weighted by Gasteiger charge is 2.22. The van der Waals surface area contributed by atoms with E-state index >= 15 is 0 Å². The van der Waals surface area contributed by atoms with Gasteiger partial charge >= 0.3 is 6.09 Å². The Kier molecular flexibility index (Phi) is 4.83. The van der Waals surface area contributed by atoms with Gasteiger partial charge in [-0.1, -0.05) is 0 Å². The molecule has 1 amide bonds. The van der Waals surface area contributed by atoms with Gasteiger partial charge in [0.15, 0.2) is 3.95 Å². The molecule has 0 fully saturated rings. The van der Waals surface area contributed by atoms with Crippen molar-refractivity contribution >= 4 is 45.6 Å². The van der Waals surface area contributed by atoms with Gasteiger partial charge in [0, 0.05) is 11.7 Å². The van der Waals surface area contributed by atoms with Crippen LogP contribution in [0.1, 0.15) is 19.4 Å². The topological polar surface area (TPSA) is 69.1 Å². The first-order valence-electron chi connectivity index (χ1n) is 7.62. The molecule has 1 N–H and O–H groups in total. The molecule has 0 aliphatic carbocycles. The maximum atomic E-state index is 12.7. The van der Waals surface area contributed by atoms with Gasteiger partial charge in [-0.25, -0.2) is 4.79 Å². The molecule has 0 aliphatic heterocycles. The summed E-state index contributed by atoms with van der Waals surface area (Å²) in [7, 11) is 0. The molecule has 1 heterocycles. The van der Waals surface area contributed by atoms with E-state index in [0.717, 1.165) is 15.9 Å². The fourth-order valence-corrected chi connectivity index (χ4v) is 3.59. The van der Waals surface area contributed by atoms with Gasteiger partial charge < -0.3 is 9.72 Å². The first-order valence-corrected chi connectivity index (χ1v) is 8.84. The summed E-state index contributed by atoms with van der Waals surface area (Å²) in [5.41, 5.74) is 2.20. The van der Waals surface area contributed by atoms with Crippen molar-refractivity contribution in [3.63, 3.8) is 0 Å². The Bertz CT molecular complexity index is 1010. The number of thiazole rings is 1. The molecule has 0 saturated carbocycles. The van der Waals surface area contributed by atoms with Crippen LogP contribution in [0.5, 0.6) is 5.75 Å². The molecule has 0 radical (unpaired) electrons. The van der Waals surface area contributed by atoms with Crippen LogP contribution < -0.4 is 9.64 Å². The molecule has 1 aromatic heterocycles. The Morgan fingerprint density at radius 2 is 2.00 bits per heavy atom. The summed E-state index contributed by atoms with van der Waals surface area (Å²) in [6.07, 6.45) is -0.474. The maximum Gasteiger partial charge on any atom is 0.419 e. The summed E-state index contributed by atoms with van der Waals surface area (Å²) in [6.45, 7) is 3.84. The SMILES string of the molecule is CC(C)N(C(=O)Oc1ccc(C#N)cc1)c1ccc2[nH]c(=S)sc2c1. The summed E-state index contributed by atoms with van der Waals surface area (Å²) in [5, 5.41) is 8.83. The van der Waals surface area contributed by atoms with Crippen molar-refractivity contribution in [1.29, 1.82) is 5.26 Å². The molecule has 3 aromatic rings. The zero-order valence-corrected chi connectivity index (χ0v) is 15.3. The van der Waals surface area contributed by atoms with Crippen molar-refractivity contribution in [3.8, 4) is 11.8 Å². The number of amides is 1. The predicted molar refractivity (Wildman–Crippen MR) is 102 cm³/mol. The molecule has 0 saturated heterocycles. The van der Waals surface area contributed by atoms with Crippen LogP contribution in [0.4, 0.5) is 10.5 Å². The van der Waals surface area contributed by atoms with E-state index in [4.69, 9.17) is 22.2 Å². The number of carbonyl (C=O) groups excluding carboxylic acids is 1. The van der Waals surface area contributed by atoms with Crippen LogP contribution >= 0.6 is 23.6 Å². The minimum atomic E-state index is -0.474. The van der Waals surface area contributed by atoms with E-state index in [2.05, 4.69) is 4.98 Å². The third kappa shape index (κ3) is 3.71. The highest BCUT2D eigenvalue weighted by molar-refractivity contribution is 7.73. The first kappa shape index (κ1) is 17.1. The van der Waals surface area contributed by atoms with E-state index in [1.54, 1.807) is 29.2 Å². The lowest BCUT2D eigenvalue weighted by molar-refractivity contribution is 0.206. The number of nitrogens with zero attached hydrogens (tertiary/aromatic N) is 2. The van der Waals surface area contributed by atoms with Crippen LogP contribution in [0.2, 0.25) is 0 Å². The number of carbonyl (C=O) groups is 1. The number of aromatic nitrogens is 1. The predicted octanol–water partition coefficient (Wildman–Crippen LogP) is 5.24. The average Bonchev–Trinajstić information content (AvgIpc) is 2.94. The number of hydrogen-bond donors (Lipinski definition) is 1. The first-order chi connectivity index (χ1) is 12.0. The van der Waals surface area contributed by atoms with Crippen molar-refractivity contribution in [2.45, 2.75) is 19.9 Å². The molecule has 0 atom stereocenters. The Labute approximate surface area is 154 Å². The van der Waals surface area contributed by atoms with Gasteiger partial charge in [0.1, 0.15) is 5.75 Å². The monoisotopic (exact) mass is 369 g/mol. The van der Waals surface area contributed by atoms with Crippen molar-refractivity contribution in [1.82, 2.24) is 4.98 Å². The van der Waals surface area contributed by atoms with Gasteiger partial charge in [0.2, 0.25) is 0 Å². The van der Waals surface area contributed by atoms with E-state index in [1.807, 2.05) is 38.1 Å². The van der Waals surface area contributed by atoms with E-state index in [1.165, 1.54) is 11.3 Å².